The maximum atomic E-state index is 6.79. The highest BCUT2D eigenvalue weighted by molar-refractivity contribution is 7.27. The topological polar surface area (TPSA) is 78.9 Å². The Morgan fingerprint density at radius 2 is 0.865 bits per heavy atom. The number of allylic oxidation sites excluding steroid dienone is 2. The predicted octanol–water partition coefficient (Wildman–Crippen LogP) is 27.9. The molecule has 2 unspecified atom stereocenters. The Morgan fingerprint density at radius 3 is 1.50 bits per heavy atom. The van der Waals surface area contributed by atoms with Gasteiger partial charge in [0.15, 0.2) is 11.3 Å². The van der Waals surface area contributed by atoms with E-state index in [1.807, 2.05) is 83.3 Å². The van der Waals surface area contributed by atoms with Gasteiger partial charge in [0.1, 0.15) is 28.6 Å². The molecule has 7 heterocycles. The van der Waals surface area contributed by atoms with E-state index in [4.69, 9.17) is 30.7 Å². The van der Waals surface area contributed by atoms with Crippen molar-refractivity contribution in [3.63, 3.8) is 0 Å². The molecule has 0 saturated carbocycles. The molecule has 0 spiro atoms. The molecular weight excluding hydrogens is 1410 g/mol. The number of halogens is 1. The summed E-state index contributed by atoms with van der Waals surface area (Å²) in [5.74, 6) is 1.37. The molecule has 0 radical (unpaired) electrons. The van der Waals surface area contributed by atoms with Crippen molar-refractivity contribution in [2.24, 2.45) is 0 Å². The molecule has 0 fully saturated rings. The van der Waals surface area contributed by atoms with E-state index in [0.29, 0.717) is 17.2 Å². The van der Waals surface area contributed by atoms with Gasteiger partial charge in [0, 0.05) is 78.4 Å². The van der Waals surface area contributed by atoms with Gasteiger partial charge in [0.05, 0.1) is 22.6 Å². The van der Waals surface area contributed by atoms with Crippen LogP contribution in [0.25, 0.3) is 190 Å². The Labute approximate surface area is 651 Å². The fraction of sp³-hybridized carbons (Fsp3) is 0.0297. The SMILES string of the molecule is C1=CC2Oc3c(-c4cc(-c5ccccc5)cc(-c5ccccc5)c4)nc(-n4c5ccccc5c5cc6c(ccc7c8ccccc8sc67)cc54)nc3C2C=C1.Clc1nc(-c2cc(-c3ccccc3)cc(-c3ccccc3)c2)c2oc3ccccc3c2n1.c1ccc2c(c1)Cc1cc3ccc4c5ccccc5sc4c3cc1-2. The van der Waals surface area contributed by atoms with Crippen molar-refractivity contribution in [3.8, 4) is 89.8 Å². The van der Waals surface area contributed by atoms with E-state index >= 15 is 0 Å². The molecule has 0 bridgehead atoms. The quantitative estimate of drug-likeness (QED) is 0.148. The lowest BCUT2D eigenvalue weighted by atomic mass is 9.93. The maximum Gasteiger partial charge on any atom is 0.235 e. The highest BCUT2D eigenvalue weighted by Crippen LogP contribution is 2.50. The average molecular weight is 1480 g/mol. The van der Waals surface area contributed by atoms with E-state index in [1.165, 1.54) is 94.9 Å². The number of ether oxygens (including phenoxy) is 1. The van der Waals surface area contributed by atoms with Crippen molar-refractivity contribution in [2.45, 2.75) is 18.4 Å². The number of benzene rings is 15. The first-order chi connectivity index (χ1) is 54.9. The smallest absolute Gasteiger partial charge is 0.235 e. The lowest BCUT2D eigenvalue weighted by Crippen LogP contribution is -2.16. The van der Waals surface area contributed by atoms with Crippen LogP contribution in [0.1, 0.15) is 22.7 Å². The third-order valence-electron chi connectivity index (χ3n) is 22.2. The average Bonchev–Trinajstić information content (AvgIpc) is 1.57. The van der Waals surface area contributed by atoms with Crippen LogP contribution >= 0.6 is 34.3 Å². The number of furan rings is 1. The highest BCUT2D eigenvalue weighted by Gasteiger charge is 2.38. The van der Waals surface area contributed by atoms with Gasteiger partial charge in [-0.2, -0.15) is 0 Å². The van der Waals surface area contributed by atoms with Crippen molar-refractivity contribution in [1.82, 2.24) is 24.5 Å². The van der Waals surface area contributed by atoms with Crippen LogP contribution in [0.4, 0.5) is 0 Å². The van der Waals surface area contributed by atoms with Crippen LogP contribution in [0.3, 0.4) is 0 Å². The Morgan fingerprint density at radius 1 is 0.351 bits per heavy atom. The third-order valence-corrected chi connectivity index (χ3v) is 24.8. The maximum absolute atomic E-state index is 6.79. The van der Waals surface area contributed by atoms with Crippen molar-refractivity contribution in [3.05, 3.63) is 374 Å². The summed E-state index contributed by atoms with van der Waals surface area (Å²) in [6.07, 6.45) is 9.43. The van der Waals surface area contributed by atoms with Gasteiger partial charge in [-0.1, -0.05) is 261 Å². The summed E-state index contributed by atoms with van der Waals surface area (Å²) in [6, 6.07) is 117. The molecule has 2 atom stereocenters. The molecular formula is C101H62ClN5O2S2. The largest absolute Gasteiger partial charge is 0.481 e. The molecule has 0 N–H and O–H groups in total. The van der Waals surface area contributed by atoms with E-state index in [2.05, 4.69) is 306 Å². The molecule has 1 aliphatic heterocycles. The standard InChI is InChI=1S/C50H31N3OS.C28H17ClN2O.C23H14S/c1-3-13-30(14-4-1)33-25-34(31-15-5-2-6-16-31)27-35(26-33)46-48-47(39-19-8-11-21-44(39)54-48)52-50(51-46)53-42-20-10-7-17-36(42)41-29-40-32(28-43(41)53)23-24-38-37-18-9-12-22-45(37)55-49(38)40;29-28-30-25(27-26(31-28)23-13-7-8-14-24(23)32-27)22-16-20(18-9-3-1-4-10-18)15-21(17-22)19-11-5-2-6-12-19;1-2-6-17-14(5-1)11-16-12-15-9-10-19-18-7-3-4-8-22(18)24-23(19)21(15)13-20(16)17/h1-29,39,44H;1-17H;1-10,12-13H,11H2. The molecule has 3 aliphatic rings. The first-order valence-corrected chi connectivity index (χ1v) is 39.4. The van der Waals surface area contributed by atoms with Crippen LogP contribution in [-0.2, 0) is 6.42 Å². The number of thiophene rings is 2. The number of hydrogen-bond acceptors (Lipinski definition) is 8. The fourth-order valence-corrected chi connectivity index (χ4v) is 19.6. The zero-order valence-electron chi connectivity index (χ0n) is 59.6. The lowest BCUT2D eigenvalue weighted by molar-refractivity contribution is 0.269. The van der Waals surface area contributed by atoms with E-state index in [0.717, 1.165) is 107 Å². The summed E-state index contributed by atoms with van der Waals surface area (Å²) in [5, 5.41) is 14.1. The molecule has 10 heteroatoms. The van der Waals surface area contributed by atoms with Crippen LogP contribution < -0.4 is 4.74 Å². The lowest BCUT2D eigenvalue weighted by Gasteiger charge is -2.15. The molecule has 111 heavy (non-hydrogen) atoms. The van der Waals surface area contributed by atoms with E-state index in [9.17, 15) is 0 Å². The molecule has 0 saturated heterocycles. The van der Waals surface area contributed by atoms with Crippen molar-refractivity contribution in [1.29, 1.82) is 0 Å². The summed E-state index contributed by atoms with van der Waals surface area (Å²) >= 11 is 10.2. The zero-order chi connectivity index (χ0) is 73.2. The van der Waals surface area contributed by atoms with Gasteiger partial charge in [-0.05, 0) is 187 Å². The summed E-state index contributed by atoms with van der Waals surface area (Å²) < 4.78 is 20.7. The van der Waals surface area contributed by atoms with Gasteiger partial charge in [-0.25, -0.2) is 19.9 Å². The first kappa shape index (κ1) is 64.7. The Bertz CT molecular complexity index is 7310. The number of nitrogens with zero attached hydrogens (tertiary/aromatic N) is 5. The van der Waals surface area contributed by atoms with E-state index < -0.39 is 0 Å². The number of fused-ring (bicyclic) bond motifs is 22. The highest BCUT2D eigenvalue weighted by atomic mass is 35.5. The van der Waals surface area contributed by atoms with Crippen LogP contribution in [-0.4, -0.2) is 30.6 Å². The minimum absolute atomic E-state index is 0.0124. The Hall–Kier alpha value is -13.4. The van der Waals surface area contributed by atoms with E-state index in [1.54, 1.807) is 0 Å². The van der Waals surface area contributed by atoms with Gasteiger partial charge >= 0.3 is 0 Å². The van der Waals surface area contributed by atoms with Gasteiger partial charge in [-0.3, -0.25) is 4.57 Å². The van der Waals surface area contributed by atoms with E-state index in [-0.39, 0.29) is 17.3 Å². The first-order valence-electron chi connectivity index (χ1n) is 37.4. The summed E-state index contributed by atoms with van der Waals surface area (Å²) in [6.45, 7) is 0. The zero-order valence-corrected chi connectivity index (χ0v) is 62.0. The minimum Gasteiger partial charge on any atom is -0.481 e. The molecule has 15 aromatic carbocycles. The Balaban J connectivity index is 0.000000114. The normalized spacial score (nSPS) is 14.0. The van der Waals surface area contributed by atoms with Gasteiger partial charge in [-0.15, -0.1) is 22.7 Å². The van der Waals surface area contributed by atoms with Crippen molar-refractivity contribution in [2.75, 3.05) is 0 Å². The number of aromatic nitrogens is 5. The van der Waals surface area contributed by atoms with Crippen LogP contribution in [0, 0.1) is 0 Å². The molecule has 6 aromatic heterocycles. The summed E-state index contributed by atoms with van der Waals surface area (Å²) in [5.41, 5.74) is 23.3. The number of rotatable bonds is 7. The van der Waals surface area contributed by atoms with Gasteiger partial charge < -0.3 is 9.15 Å². The second-order valence-electron chi connectivity index (χ2n) is 28.7. The van der Waals surface area contributed by atoms with Crippen LogP contribution in [0.15, 0.2) is 356 Å². The number of para-hydroxylation sites is 2. The summed E-state index contributed by atoms with van der Waals surface area (Å²) in [4.78, 5) is 20.0. The number of hydrogen-bond donors (Lipinski definition) is 0. The third kappa shape index (κ3) is 11.1. The second-order valence-corrected chi connectivity index (χ2v) is 31.2. The van der Waals surface area contributed by atoms with Gasteiger partial charge in [0.2, 0.25) is 11.2 Å². The molecule has 0 amide bonds. The van der Waals surface area contributed by atoms with Crippen molar-refractivity contribution >= 4 is 140 Å². The van der Waals surface area contributed by atoms with Crippen LogP contribution in [0.2, 0.25) is 5.28 Å². The monoisotopic (exact) mass is 1480 g/mol. The van der Waals surface area contributed by atoms with Gasteiger partial charge in [0.25, 0.3) is 0 Å². The Kier molecular flexibility index (Phi) is 15.4. The molecule has 522 valence electrons. The molecule has 21 aromatic rings. The fourth-order valence-electron chi connectivity index (χ4n) is 17.0. The second kappa shape index (κ2) is 26.5. The predicted molar refractivity (Wildman–Crippen MR) is 464 cm³/mol. The summed E-state index contributed by atoms with van der Waals surface area (Å²) in [7, 11) is 0. The molecule has 7 nitrogen and oxygen atoms in total. The minimum atomic E-state index is -0.139. The molecule has 2 aliphatic carbocycles. The molecule has 24 rings (SSSR count). The van der Waals surface area contributed by atoms with Crippen molar-refractivity contribution < 1.29 is 9.15 Å². The van der Waals surface area contributed by atoms with Crippen LogP contribution in [0.5, 0.6) is 5.75 Å².